The number of carbonyl (C=O) groups is 1. The van der Waals surface area contributed by atoms with Crippen molar-refractivity contribution in [1.82, 2.24) is 4.90 Å². The van der Waals surface area contributed by atoms with Crippen LogP contribution in [0.25, 0.3) is 0 Å². The zero-order valence-electron chi connectivity index (χ0n) is 19.5. The minimum atomic E-state index is -0.221. The second-order valence-corrected chi connectivity index (χ2v) is 8.94. The Labute approximate surface area is 200 Å². The highest BCUT2D eigenvalue weighted by atomic mass is 32.2. The second-order valence-electron chi connectivity index (χ2n) is 7.77. The summed E-state index contributed by atoms with van der Waals surface area (Å²) < 4.78 is 11.2. The predicted molar refractivity (Wildman–Crippen MR) is 137 cm³/mol. The molecule has 1 heterocycles. The molecule has 1 aliphatic rings. The van der Waals surface area contributed by atoms with Gasteiger partial charge in [-0.1, -0.05) is 61.0 Å². The number of hydrogen-bond donors (Lipinski definition) is 0. The van der Waals surface area contributed by atoms with Gasteiger partial charge in [-0.2, -0.15) is 5.10 Å². The Hall–Kier alpha value is -3.06. The van der Waals surface area contributed by atoms with Crippen molar-refractivity contribution >= 4 is 29.1 Å². The summed E-state index contributed by atoms with van der Waals surface area (Å²) in [6.45, 7) is 9.01. The van der Waals surface area contributed by atoms with E-state index in [-0.39, 0.29) is 11.2 Å². The van der Waals surface area contributed by atoms with E-state index in [0.717, 1.165) is 24.0 Å². The van der Waals surface area contributed by atoms with E-state index in [1.54, 1.807) is 24.3 Å². The third-order valence-electron chi connectivity index (χ3n) is 5.17. The number of ether oxygens (including phenoxy) is 2. The van der Waals surface area contributed by atoms with Crippen LogP contribution in [0, 0.1) is 6.92 Å². The quantitative estimate of drug-likeness (QED) is 0.197. The molecule has 1 atom stereocenters. The van der Waals surface area contributed by atoms with E-state index in [2.05, 4.69) is 54.9 Å². The van der Waals surface area contributed by atoms with E-state index in [0.29, 0.717) is 36.2 Å². The van der Waals surface area contributed by atoms with Crippen molar-refractivity contribution in [1.29, 1.82) is 0 Å². The zero-order chi connectivity index (χ0) is 23.6. The summed E-state index contributed by atoms with van der Waals surface area (Å²) in [4.78, 5) is 14.6. The van der Waals surface area contributed by atoms with Crippen LogP contribution in [0.15, 0.2) is 65.3 Å². The summed E-state index contributed by atoms with van der Waals surface area (Å²) in [5.74, 6) is 1.40. The van der Waals surface area contributed by atoms with Gasteiger partial charge in [-0.25, -0.2) is 0 Å². The normalized spacial score (nSPS) is 17.2. The van der Waals surface area contributed by atoms with Crippen LogP contribution in [0.4, 0.5) is 0 Å². The Kier molecular flexibility index (Phi) is 9.13. The summed E-state index contributed by atoms with van der Waals surface area (Å²) in [6.07, 6.45) is 6.07. The van der Waals surface area contributed by atoms with Crippen molar-refractivity contribution in [3.05, 3.63) is 71.8 Å². The summed E-state index contributed by atoms with van der Waals surface area (Å²) in [5.41, 5.74) is 3.16. The lowest BCUT2D eigenvalue weighted by Crippen LogP contribution is -2.32. The molecule has 3 rings (SSSR count). The molecule has 1 fully saturated rings. The number of unbranched alkanes of at least 4 members (excludes halogenated alkanes) is 1. The number of methoxy groups -OCH3 is 1. The van der Waals surface area contributed by atoms with Gasteiger partial charge in [0, 0.05) is 6.54 Å². The predicted octanol–water partition coefficient (Wildman–Crippen LogP) is 5.25. The molecule has 2 aromatic carbocycles. The Morgan fingerprint density at radius 1 is 1.18 bits per heavy atom. The van der Waals surface area contributed by atoms with E-state index in [1.807, 2.05) is 18.2 Å². The average molecular weight is 466 g/mol. The molecule has 6 nitrogen and oxygen atoms in total. The molecule has 33 heavy (non-hydrogen) atoms. The molecule has 0 radical (unpaired) electrons. The third kappa shape index (κ3) is 6.71. The minimum Gasteiger partial charge on any atom is -0.493 e. The highest BCUT2D eigenvalue weighted by Gasteiger charge is 2.37. The maximum absolute atomic E-state index is 12.9. The fourth-order valence-corrected chi connectivity index (χ4v) is 4.45. The highest BCUT2D eigenvalue weighted by Crippen LogP contribution is 2.30. The van der Waals surface area contributed by atoms with Gasteiger partial charge in [0.2, 0.25) is 5.91 Å². The fraction of sp³-hybridized carbons (Fsp3) is 0.346. The molecule has 0 N–H and O–H groups in total. The molecular formula is C26H31N3O3S. The fourth-order valence-electron chi connectivity index (χ4n) is 3.31. The number of carbonyl (C=O) groups excluding carboxylic acids is 1. The van der Waals surface area contributed by atoms with E-state index in [4.69, 9.17) is 9.47 Å². The van der Waals surface area contributed by atoms with Crippen LogP contribution in [0.2, 0.25) is 0 Å². The Morgan fingerprint density at radius 3 is 2.67 bits per heavy atom. The van der Waals surface area contributed by atoms with E-state index >= 15 is 0 Å². The molecule has 7 heteroatoms. The highest BCUT2D eigenvalue weighted by molar-refractivity contribution is 8.15. The number of rotatable bonds is 11. The van der Waals surface area contributed by atoms with Gasteiger partial charge >= 0.3 is 0 Å². The van der Waals surface area contributed by atoms with Crippen molar-refractivity contribution in [3.63, 3.8) is 0 Å². The molecule has 0 aliphatic carbocycles. The first-order chi connectivity index (χ1) is 16.0. The van der Waals surface area contributed by atoms with Crippen LogP contribution in [0.3, 0.4) is 0 Å². The molecule has 1 saturated heterocycles. The third-order valence-corrected chi connectivity index (χ3v) is 6.33. The van der Waals surface area contributed by atoms with Crippen LogP contribution < -0.4 is 9.47 Å². The molecule has 0 saturated carbocycles. The van der Waals surface area contributed by atoms with Crippen molar-refractivity contribution in [2.75, 3.05) is 20.3 Å². The largest absolute Gasteiger partial charge is 0.493 e. The lowest BCUT2D eigenvalue weighted by Gasteiger charge is -2.13. The number of aryl methyl sites for hydroxylation is 1. The summed E-state index contributed by atoms with van der Waals surface area (Å²) in [5, 5.41) is 8.95. The number of amidine groups is 1. The molecule has 174 valence electrons. The van der Waals surface area contributed by atoms with Gasteiger partial charge < -0.3 is 9.47 Å². The van der Waals surface area contributed by atoms with Crippen LogP contribution in [0.1, 0.15) is 36.5 Å². The SMILES string of the molecule is C=CCN1C(=O)C(Cc2ccc(C)cc2)SC1=NN=Cc1ccc(OCCCC)c(OC)c1. The first kappa shape index (κ1) is 24.6. The molecule has 1 amide bonds. The van der Waals surface area contributed by atoms with Crippen molar-refractivity contribution in [3.8, 4) is 11.5 Å². The molecule has 0 bridgehead atoms. The molecule has 1 aliphatic heterocycles. The molecule has 0 spiro atoms. The maximum atomic E-state index is 12.9. The van der Waals surface area contributed by atoms with Crippen LogP contribution in [-0.2, 0) is 11.2 Å². The van der Waals surface area contributed by atoms with Crippen molar-refractivity contribution in [2.45, 2.75) is 38.4 Å². The van der Waals surface area contributed by atoms with Crippen molar-refractivity contribution in [2.24, 2.45) is 10.2 Å². The van der Waals surface area contributed by atoms with E-state index < -0.39 is 0 Å². The van der Waals surface area contributed by atoms with Gasteiger partial charge in [-0.15, -0.1) is 11.7 Å². The molecule has 0 aromatic heterocycles. The van der Waals surface area contributed by atoms with E-state index in [1.165, 1.54) is 17.3 Å². The molecular weight excluding hydrogens is 434 g/mol. The van der Waals surface area contributed by atoms with Gasteiger partial charge in [-0.3, -0.25) is 9.69 Å². The van der Waals surface area contributed by atoms with Gasteiger partial charge in [0.1, 0.15) is 0 Å². The lowest BCUT2D eigenvalue weighted by molar-refractivity contribution is -0.125. The summed E-state index contributed by atoms with van der Waals surface area (Å²) in [6, 6.07) is 13.9. The second kappa shape index (κ2) is 12.3. The summed E-state index contributed by atoms with van der Waals surface area (Å²) in [7, 11) is 1.62. The lowest BCUT2D eigenvalue weighted by atomic mass is 10.1. The first-order valence-corrected chi connectivity index (χ1v) is 12.0. The zero-order valence-corrected chi connectivity index (χ0v) is 20.3. The van der Waals surface area contributed by atoms with Crippen LogP contribution in [-0.4, -0.2) is 47.7 Å². The molecule has 2 aromatic rings. The maximum Gasteiger partial charge on any atom is 0.242 e. The standard InChI is InChI=1S/C26H31N3O3S/c1-5-7-15-32-22-13-12-21(16-23(22)31-4)18-27-28-26-29(14-6-2)25(30)24(33-26)17-20-10-8-19(3)9-11-20/h6,8-13,16,18,24H,2,5,7,14-15,17H2,1,3-4H3. The number of amides is 1. The Bertz CT molecular complexity index is 1020. The number of thioether (sulfide) groups is 1. The Balaban J connectivity index is 1.71. The van der Waals surface area contributed by atoms with Crippen molar-refractivity contribution < 1.29 is 14.3 Å². The first-order valence-electron chi connectivity index (χ1n) is 11.1. The average Bonchev–Trinajstić information content (AvgIpc) is 3.10. The van der Waals surface area contributed by atoms with Gasteiger partial charge in [0.25, 0.3) is 0 Å². The van der Waals surface area contributed by atoms with Gasteiger partial charge in [-0.05, 0) is 49.1 Å². The summed E-state index contributed by atoms with van der Waals surface area (Å²) >= 11 is 1.44. The minimum absolute atomic E-state index is 0.0321. The number of nitrogens with zero attached hydrogens (tertiary/aromatic N) is 3. The van der Waals surface area contributed by atoms with E-state index in [9.17, 15) is 4.79 Å². The van der Waals surface area contributed by atoms with Gasteiger partial charge in [0.15, 0.2) is 16.7 Å². The van der Waals surface area contributed by atoms with Crippen LogP contribution >= 0.6 is 11.8 Å². The number of benzene rings is 2. The monoisotopic (exact) mass is 465 g/mol. The molecule has 1 unspecified atom stereocenters. The smallest absolute Gasteiger partial charge is 0.242 e. The number of hydrogen-bond acceptors (Lipinski definition) is 6. The topological polar surface area (TPSA) is 63.5 Å². The van der Waals surface area contributed by atoms with Crippen LogP contribution in [0.5, 0.6) is 11.5 Å². The Morgan fingerprint density at radius 2 is 1.97 bits per heavy atom. The van der Waals surface area contributed by atoms with Gasteiger partial charge in [0.05, 0.1) is 25.2 Å².